The molecular formula is C23H21FN2O3. The Bertz CT molecular complexity index is 1020. The number of aryl methyl sites for hydroxylation is 1. The molecule has 0 radical (unpaired) electrons. The molecule has 0 aliphatic heterocycles. The largest absolute Gasteiger partial charge is 0.461 e. The monoisotopic (exact) mass is 392 g/mol. The standard InChI is InChI=1S/C23H21FN2O3/c24-20-4-2-1-3-19(20)21-13-11-18(29-21)12-14-22(27)25-16-7-9-17(10-8-16)26-23(28)15-5-6-15/h1-4,7-11,13,15H,5-6,12,14H2,(H,25,27)(H,26,28). The molecule has 1 aliphatic rings. The highest BCUT2D eigenvalue weighted by molar-refractivity contribution is 5.95. The number of hydrogen-bond acceptors (Lipinski definition) is 3. The molecule has 6 heteroatoms. The van der Waals surface area contributed by atoms with Gasteiger partial charge in [0.25, 0.3) is 0 Å². The fraction of sp³-hybridized carbons (Fsp3) is 0.217. The second kappa shape index (κ2) is 8.31. The Morgan fingerprint density at radius 1 is 0.931 bits per heavy atom. The third-order valence-corrected chi connectivity index (χ3v) is 4.78. The van der Waals surface area contributed by atoms with Gasteiger partial charge in [-0.1, -0.05) is 12.1 Å². The van der Waals surface area contributed by atoms with Crippen LogP contribution in [-0.2, 0) is 16.0 Å². The quantitative estimate of drug-likeness (QED) is 0.594. The van der Waals surface area contributed by atoms with Crippen molar-refractivity contribution in [1.29, 1.82) is 0 Å². The van der Waals surface area contributed by atoms with Crippen molar-refractivity contribution in [2.75, 3.05) is 10.6 Å². The third kappa shape index (κ3) is 4.90. The highest BCUT2D eigenvalue weighted by atomic mass is 19.1. The van der Waals surface area contributed by atoms with E-state index in [1.807, 2.05) is 0 Å². The van der Waals surface area contributed by atoms with Crippen LogP contribution in [0.1, 0.15) is 25.0 Å². The first-order chi connectivity index (χ1) is 14.1. The summed E-state index contributed by atoms with van der Waals surface area (Å²) in [4.78, 5) is 24.0. The van der Waals surface area contributed by atoms with E-state index in [0.29, 0.717) is 29.2 Å². The van der Waals surface area contributed by atoms with E-state index >= 15 is 0 Å². The van der Waals surface area contributed by atoms with Crippen LogP contribution in [-0.4, -0.2) is 11.8 Å². The smallest absolute Gasteiger partial charge is 0.227 e. The molecule has 0 atom stereocenters. The van der Waals surface area contributed by atoms with E-state index in [1.54, 1.807) is 54.6 Å². The zero-order chi connectivity index (χ0) is 20.2. The number of carbonyl (C=O) groups is 2. The highest BCUT2D eigenvalue weighted by Crippen LogP contribution is 2.30. The molecule has 2 N–H and O–H groups in total. The zero-order valence-electron chi connectivity index (χ0n) is 15.8. The number of benzene rings is 2. The normalized spacial score (nSPS) is 13.1. The molecule has 1 fully saturated rings. The molecule has 1 saturated carbocycles. The van der Waals surface area contributed by atoms with Gasteiger partial charge in [0.2, 0.25) is 11.8 Å². The number of anilines is 2. The van der Waals surface area contributed by atoms with Gasteiger partial charge in [-0.05, 0) is 61.4 Å². The van der Waals surface area contributed by atoms with Crippen molar-refractivity contribution >= 4 is 23.2 Å². The Morgan fingerprint density at radius 2 is 1.62 bits per heavy atom. The van der Waals surface area contributed by atoms with Crippen molar-refractivity contribution in [3.8, 4) is 11.3 Å². The van der Waals surface area contributed by atoms with Gasteiger partial charge in [0.05, 0.1) is 5.56 Å². The molecule has 3 aromatic rings. The van der Waals surface area contributed by atoms with Crippen molar-refractivity contribution < 1.29 is 18.4 Å². The number of hydrogen-bond donors (Lipinski definition) is 2. The molecule has 1 aliphatic carbocycles. The topological polar surface area (TPSA) is 71.3 Å². The van der Waals surface area contributed by atoms with Gasteiger partial charge in [-0.2, -0.15) is 0 Å². The maximum atomic E-state index is 13.8. The number of nitrogens with one attached hydrogen (secondary N) is 2. The van der Waals surface area contributed by atoms with Crippen molar-refractivity contribution in [3.05, 3.63) is 72.2 Å². The molecule has 148 valence electrons. The summed E-state index contributed by atoms with van der Waals surface area (Å²) in [6.45, 7) is 0. The van der Waals surface area contributed by atoms with Crippen LogP contribution in [0.5, 0.6) is 0 Å². The minimum absolute atomic E-state index is 0.0509. The van der Waals surface area contributed by atoms with E-state index < -0.39 is 0 Å². The number of carbonyl (C=O) groups excluding carboxylic acids is 2. The second-order valence-electron chi connectivity index (χ2n) is 7.13. The van der Waals surface area contributed by atoms with E-state index in [0.717, 1.165) is 18.5 Å². The first kappa shape index (κ1) is 18.9. The van der Waals surface area contributed by atoms with Crippen LogP contribution in [0.3, 0.4) is 0 Å². The maximum Gasteiger partial charge on any atom is 0.227 e. The fourth-order valence-electron chi connectivity index (χ4n) is 3.01. The van der Waals surface area contributed by atoms with Gasteiger partial charge in [-0.25, -0.2) is 4.39 Å². The maximum absolute atomic E-state index is 13.8. The number of furan rings is 1. The van der Waals surface area contributed by atoms with Crippen molar-refractivity contribution in [1.82, 2.24) is 0 Å². The van der Waals surface area contributed by atoms with Crippen molar-refractivity contribution in [3.63, 3.8) is 0 Å². The molecule has 4 rings (SSSR count). The molecule has 0 saturated heterocycles. The summed E-state index contributed by atoms with van der Waals surface area (Å²) in [5, 5.41) is 5.68. The average molecular weight is 392 g/mol. The van der Waals surface area contributed by atoms with Crippen LogP contribution in [0, 0.1) is 11.7 Å². The molecule has 0 spiro atoms. The molecule has 1 heterocycles. The summed E-state index contributed by atoms with van der Waals surface area (Å²) >= 11 is 0. The predicted octanol–water partition coefficient (Wildman–Crippen LogP) is 5.01. The van der Waals surface area contributed by atoms with Gasteiger partial charge in [-0.15, -0.1) is 0 Å². The Labute approximate surface area is 167 Å². The van der Waals surface area contributed by atoms with Crippen LogP contribution in [0.15, 0.2) is 65.1 Å². The van der Waals surface area contributed by atoms with Gasteiger partial charge < -0.3 is 15.1 Å². The van der Waals surface area contributed by atoms with E-state index in [-0.39, 0.29) is 30.0 Å². The summed E-state index contributed by atoms with van der Waals surface area (Å²) in [5.41, 5.74) is 1.78. The first-order valence-electron chi connectivity index (χ1n) is 9.63. The lowest BCUT2D eigenvalue weighted by Crippen LogP contribution is -2.14. The van der Waals surface area contributed by atoms with Gasteiger partial charge in [-0.3, -0.25) is 9.59 Å². The fourth-order valence-corrected chi connectivity index (χ4v) is 3.01. The van der Waals surface area contributed by atoms with Crippen molar-refractivity contribution in [2.24, 2.45) is 5.92 Å². The van der Waals surface area contributed by atoms with Crippen LogP contribution in [0.25, 0.3) is 11.3 Å². The minimum atomic E-state index is -0.345. The van der Waals surface area contributed by atoms with Crippen LogP contribution in [0.4, 0.5) is 15.8 Å². The van der Waals surface area contributed by atoms with E-state index in [9.17, 15) is 14.0 Å². The van der Waals surface area contributed by atoms with E-state index in [1.165, 1.54) is 6.07 Å². The summed E-state index contributed by atoms with van der Waals surface area (Å²) in [5.74, 6) is 0.773. The van der Waals surface area contributed by atoms with Gasteiger partial charge >= 0.3 is 0 Å². The number of halogens is 1. The molecule has 2 amide bonds. The lowest BCUT2D eigenvalue weighted by Gasteiger charge is -2.07. The Morgan fingerprint density at radius 3 is 2.31 bits per heavy atom. The lowest BCUT2D eigenvalue weighted by molar-refractivity contribution is -0.117. The molecule has 0 bridgehead atoms. The number of rotatable bonds is 7. The number of amides is 2. The molecule has 1 aromatic heterocycles. The van der Waals surface area contributed by atoms with Crippen molar-refractivity contribution in [2.45, 2.75) is 25.7 Å². The van der Waals surface area contributed by atoms with E-state index in [4.69, 9.17) is 4.42 Å². The van der Waals surface area contributed by atoms with Crippen LogP contribution in [0.2, 0.25) is 0 Å². The molecule has 29 heavy (non-hydrogen) atoms. The predicted molar refractivity (Wildman–Crippen MR) is 109 cm³/mol. The zero-order valence-corrected chi connectivity index (χ0v) is 15.8. The van der Waals surface area contributed by atoms with E-state index in [2.05, 4.69) is 10.6 Å². The molecule has 5 nitrogen and oxygen atoms in total. The minimum Gasteiger partial charge on any atom is -0.461 e. The van der Waals surface area contributed by atoms with Gasteiger partial charge in [0.1, 0.15) is 17.3 Å². The van der Waals surface area contributed by atoms with Crippen LogP contribution >= 0.6 is 0 Å². The highest BCUT2D eigenvalue weighted by Gasteiger charge is 2.29. The lowest BCUT2D eigenvalue weighted by atomic mass is 10.1. The average Bonchev–Trinajstić information content (AvgIpc) is 3.47. The molecule has 2 aromatic carbocycles. The molecule has 0 unspecified atom stereocenters. The molecular weight excluding hydrogens is 371 g/mol. The Hall–Kier alpha value is -3.41. The Kier molecular flexibility index (Phi) is 5.42. The van der Waals surface area contributed by atoms with Crippen LogP contribution < -0.4 is 10.6 Å². The summed E-state index contributed by atoms with van der Waals surface area (Å²) < 4.78 is 19.5. The summed E-state index contributed by atoms with van der Waals surface area (Å²) in [6, 6.07) is 16.9. The SMILES string of the molecule is O=C(CCc1ccc(-c2ccccc2F)o1)Nc1ccc(NC(=O)C2CC2)cc1. The third-order valence-electron chi connectivity index (χ3n) is 4.78. The Balaban J connectivity index is 1.28. The summed E-state index contributed by atoms with van der Waals surface area (Å²) in [7, 11) is 0. The van der Waals surface area contributed by atoms with Gasteiger partial charge in [0, 0.05) is 30.1 Å². The van der Waals surface area contributed by atoms with Gasteiger partial charge in [0.15, 0.2) is 0 Å². The first-order valence-corrected chi connectivity index (χ1v) is 9.63. The summed E-state index contributed by atoms with van der Waals surface area (Å²) in [6.07, 6.45) is 2.56. The second-order valence-corrected chi connectivity index (χ2v) is 7.13.